The average molecular weight is 293 g/mol. The van der Waals surface area contributed by atoms with Gasteiger partial charge in [-0.15, -0.1) is 11.3 Å². The van der Waals surface area contributed by atoms with Gasteiger partial charge in [-0.3, -0.25) is 4.79 Å². The second-order valence-corrected chi connectivity index (χ2v) is 7.30. The third-order valence-corrected chi connectivity index (χ3v) is 5.65. The van der Waals surface area contributed by atoms with Crippen LogP contribution in [0.25, 0.3) is 0 Å². The number of rotatable bonds is 4. The molecular formula is C16H25N2OS+. The molecule has 2 heterocycles. The quantitative estimate of drug-likeness (QED) is 0.869. The number of carbonyl (C=O) groups is 1. The molecule has 2 aliphatic rings. The zero-order chi connectivity index (χ0) is 13.8. The van der Waals surface area contributed by atoms with Crippen LogP contribution in [0.4, 0.5) is 0 Å². The largest absolute Gasteiger partial charge is 0.353 e. The summed E-state index contributed by atoms with van der Waals surface area (Å²) >= 11 is 1.84. The fourth-order valence-electron chi connectivity index (χ4n) is 3.51. The molecule has 2 fully saturated rings. The summed E-state index contributed by atoms with van der Waals surface area (Å²) in [4.78, 5) is 15.4. The van der Waals surface area contributed by atoms with Crippen molar-refractivity contribution in [2.24, 2.45) is 5.92 Å². The molecule has 1 aliphatic carbocycles. The van der Waals surface area contributed by atoms with Crippen LogP contribution in [0.5, 0.6) is 0 Å². The molecule has 20 heavy (non-hydrogen) atoms. The molecule has 1 saturated heterocycles. The Hall–Kier alpha value is -0.870. The fraction of sp³-hybridized carbons (Fsp3) is 0.688. The monoisotopic (exact) mass is 293 g/mol. The lowest BCUT2D eigenvalue weighted by molar-refractivity contribution is -0.919. The Morgan fingerprint density at radius 2 is 2.00 bits per heavy atom. The molecule has 4 heteroatoms. The fourth-order valence-corrected chi connectivity index (χ4v) is 4.29. The van der Waals surface area contributed by atoms with Crippen molar-refractivity contribution in [1.82, 2.24) is 5.32 Å². The Morgan fingerprint density at radius 1 is 1.25 bits per heavy atom. The number of quaternary nitrogens is 1. The summed E-state index contributed by atoms with van der Waals surface area (Å²) in [5.41, 5.74) is 0. The molecule has 0 aromatic carbocycles. The highest BCUT2D eigenvalue weighted by Gasteiger charge is 2.29. The molecule has 1 aliphatic heterocycles. The maximum atomic E-state index is 12.3. The normalized spacial score (nSPS) is 27.6. The standard InChI is InChI=1S/C16H24N2OS/c19-16(17-14-4-1-2-5-14)13-7-9-18(10-8-13)12-15-6-3-11-20-15/h3,6,11,13-14H,1-2,4-5,7-10,12H2,(H,17,19)/p+1. The van der Waals surface area contributed by atoms with E-state index in [9.17, 15) is 4.79 Å². The van der Waals surface area contributed by atoms with Crippen molar-refractivity contribution in [1.29, 1.82) is 0 Å². The summed E-state index contributed by atoms with van der Waals surface area (Å²) in [6.45, 7) is 3.41. The lowest BCUT2D eigenvalue weighted by atomic mass is 9.95. The predicted octanol–water partition coefficient (Wildman–Crippen LogP) is 1.60. The van der Waals surface area contributed by atoms with E-state index in [2.05, 4.69) is 22.8 Å². The molecule has 1 aromatic heterocycles. The van der Waals surface area contributed by atoms with Gasteiger partial charge >= 0.3 is 0 Å². The van der Waals surface area contributed by atoms with E-state index in [1.165, 1.54) is 30.6 Å². The number of likely N-dealkylation sites (tertiary alicyclic amines) is 1. The molecule has 1 aromatic rings. The first-order chi connectivity index (χ1) is 9.81. The minimum atomic E-state index is 0.266. The number of nitrogens with one attached hydrogen (secondary N) is 2. The van der Waals surface area contributed by atoms with Crippen LogP contribution in [0, 0.1) is 5.92 Å². The molecular weight excluding hydrogens is 268 g/mol. The summed E-state index contributed by atoms with van der Waals surface area (Å²) in [7, 11) is 0. The second-order valence-electron chi connectivity index (χ2n) is 6.27. The highest BCUT2D eigenvalue weighted by Crippen LogP contribution is 2.19. The number of thiophene rings is 1. The average Bonchev–Trinajstić information content (AvgIpc) is 3.13. The lowest BCUT2D eigenvalue weighted by Crippen LogP contribution is -3.11. The molecule has 110 valence electrons. The van der Waals surface area contributed by atoms with Crippen LogP contribution >= 0.6 is 11.3 Å². The van der Waals surface area contributed by atoms with E-state index in [1.54, 1.807) is 4.90 Å². The van der Waals surface area contributed by atoms with E-state index in [0.717, 1.165) is 32.5 Å². The van der Waals surface area contributed by atoms with E-state index >= 15 is 0 Å². The van der Waals surface area contributed by atoms with Crippen molar-refractivity contribution < 1.29 is 9.69 Å². The number of amides is 1. The maximum Gasteiger partial charge on any atom is 0.223 e. The summed E-state index contributed by atoms with van der Waals surface area (Å²) in [6, 6.07) is 4.82. The van der Waals surface area contributed by atoms with Gasteiger partial charge in [0.15, 0.2) is 0 Å². The minimum absolute atomic E-state index is 0.266. The van der Waals surface area contributed by atoms with Gasteiger partial charge in [0.05, 0.1) is 18.0 Å². The van der Waals surface area contributed by atoms with E-state index in [0.29, 0.717) is 11.9 Å². The van der Waals surface area contributed by atoms with Gasteiger partial charge < -0.3 is 10.2 Å². The van der Waals surface area contributed by atoms with Gasteiger partial charge in [-0.1, -0.05) is 18.9 Å². The van der Waals surface area contributed by atoms with Crippen molar-refractivity contribution in [2.75, 3.05) is 13.1 Å². The van der Waals surface area contributed by atoms with Gasteiger partial charge in [-0.25, -0.2) is 0 Å². The van der Waals surface area contributed by atoms with E-state index in [4.69, 9.17) is 0 Å². The van der Waals surface area contributed by atoms with Crippen molar-refractivity contribution in [2.45, 2.75) is 51.1 Å². The van der Waals surface area contributed by atoms with Crippen molar-refractivity contribution in [3.8, 4) is 0 Å². The molecule has 2 N–H and O–H groups in total. The van der Waals surface area contributed by atoms with Gasteiger partial charge in [-0.05, 0) is 24.3 Å². The molecule has 1 saturated carbocycles. The Labute approximate surface area is 125 Å². The molecule has 0 spiro atoms. The third kappa shape index (κ3) is 3.61. The molecule has 1 amide bonds. The van der Waals surface area contributed by atoms with Crippen LogP contribution in [0.2, 0.25) is 0 Å². The summed E-state index contributed by atoms with van der Waals surface area (Å²) in [5.74, 6) is 0.592. The van der Waals surface area contributed by atoms with Crippen LogP contribution in [-0.4, -0.2) is 25.0 Å². The number of piperidine rings is 1. The van der Waals surface area contributed by atoms with Gasteiger partial charge in [-0.2, -0.15) is 0 Å². The predicted molar refractivity (Wildman–Crippen MR) is 81.8 cm³/mol. The Balaban J connectivity index is 1.42. The van der Waals surface area contributed by atoms with Crippen LogP contribution in [0.1, 0.15) is 43.4 Å². The zero-order valence-electron chi connectivity index (χ0n) is 12.1. The first-order valence-electron chi connectivity index (χ1n) is 7.97. The second kappa shape index (κ2) is 6.72. The minimum Gasteiger partial charge on any atom is -0.353 e. The highest BCUT2D eigenvalue weighted by atomic mass is 32.1. The SMILES string of the molecule is O=C(NC1CCCC1)C1CC[NH+](Cc2cccs2)CC1. The van der Waals surface area contributed by atoms with Gasteiger partial charge in [0.2, 0.25) is 5.91 Å². The van der Waals surface area contributed by atoms with Gasteiger partial charge in [0.1, 0.15) is 6.54 Å². The smallest absolute Gasteiger partial charge is 0.223 e. The summed E-state index contributed by atoms with van der Waals surface area (Å²) in [6.07, 6.45) is 7.06. The van der Waals surface area contributed by atoms with Crippen molar-refractivity contribution in [3.63, 3.8) is 0 Å². The van der Waals surface area contributed by atoms with E-state index in [1.807, 2.05) is 11.3 Å². The molecule has 3 rings (SSSR count). The number of hydrogen-bond acceptors (Lipinski definition) is 2. The van der Waals surface area contributed by atoms with Crippen LogP contribution in [0.3, 0.4) is 0 Å². The van der Waals surface area contributed by atoms with E-state index < -0.39 is 0 Å². The van der Waals surface area contributed by atoms with Gasteiger partial charge in [0, 0.05) is 24.8 Å². The molecule has 0 bridgehead atoms. The summed E-state index contributed by atoms with van der Waals surface area (Å²) in [5, 5.41) is 5.41. The van der Waals surface area contributed by atoms with E-state index in [-0.39, 0.29) is 5.92 Å². The van der Waals surface area contributed by atoms with Crippen LogP contribution in [-0.2, 0) is 11.3 Å². The molecule has 0 unspecified atom stereocenters. The Bertz CT molecular complexity index is 418. The van der Waals surface area contributed by atoms with Gasteiger partial charge in [0.25, 0.3) is 0 Å². The first kappa shape index (κ1) is 14.1. The Kier molecular flexibility index (Phi) is 4.73. The first-order valence-corrected chi connectivity index (χ1v) is 8.85. The molecule has 3 nitrogen and oxygen atoms in total. The van der Waals surface area contributed by atoms with Crippen LogP contribution < -0.4 is 10.2 Å². The molecule has 0 atom stereocenters. The van der Waals surface area contributed by atoms with Crippen LogP contribution in [0.15, 0.2) is 17.5 Å². The highest BCUT2D eigenvalue weighted by molar-refractivity contribution is 7.09. The number of hydrogen-bond donors (Lipinski definition) is 2. The third-order valence-electron chi connectivity index (χ3n) is 4.77. The molecule has 0 radical (unpaired) electrons. The Morgan fingerprint density at radius 3 is 2.65 bits per heavy atom. The number of carbonyl (C=O) groups excluding carboxylic acids is 1. The van der Waals surface area contributed by atoms with Crippen molar-refractivity contribution in [3.05, 3.63) is 22.4 Å². The topological polar surface area (TPSA) is 33.5 Å². The zero-order valence-corrected chi connectivity index (χ0v) is 12.9. The lowest BCUT2D eigenvalue weighted by Gasteiger charge is -2.29. The maximum absolute atomic E-state index is 12.3. The summed E-state index contributed by atoms with van der Waals surface area (Å²) < 4.78 is 0. The van der Waals surface area contributed by atoms with Crippen molar-refractivity contribution >= 4 is 17.2 Å².